The second-order valence-corrected chi connectivity index (χ2v) is 7.66. The van der Waals surface area contributed by atoms with Gasteiger partial charge in [-0.1, -0.05) is 11.6 Å². The molecule has 3 N–H and O–H groups in total. The first-order valence-electron chi connectivity index (χ1n) is 8.99. The van der Waals surface area contributed by atoms with Gasteiger partial charge in [-0.2, -0.15) is 0 Å². The van der Waals surface area contributed by atoms with Crippen molar-refractivity contribution in [2.45, 2.75) is 43.6 Å². The van der Waals surface area contributed by atoms with Crippen LogP contribution in [0.25, 0.3) is 0 Å². The van der Waals surface area contributed by atoms with Crippen LogP contribution in [0.1, 0.15) is 37.7 Å². The molecule has 1 aliphatic carbocycles. The Bertz CT molecular complexity index is 617. The third kappa shape index (κ3) is 4.10. The average Bonchev–Trinajstić information content (AvgIpc) is 3.07. The summed E-state index contributed by atoms with van der Waals surface area (Å²) in [6.45, 7) is 1.90. The van der Waals surface area contributed by atoms with Crippen LogP contribution >= 0.6 is 11.6 Å². The molecule has 2 fully saturated rings. The summed E-state index contributed by atoms with van der Waals surface area (Å²) < 4.78 is 11.1. The lowest BCUT2D eigenvalue weighted by Gasteiger charge is -2.39. The molecule has 2 aliphatic rings. The van der Waals surface area contributed by atoms with E-state index in [1.54, 1.807) is 7.11 Å². The molecular weight excluding hydrogens is 340 g/mol. The summed E-state index contributed by atoms with van der Waals surface area (Å²) in [6, 6.07) is 5.84. The van der Waals surface area contributed by atoms with Gasteiger partial charge in [-0.15, -0.1) is 0 Å². The van der Waals surface area contributed by atoms with Crippen LogP contribution in [0.2, 0.25) is 5.02 Å². The molecule has 1 aliphatic heterocycles. The molecule has 1 heterocycles. The largest absolute Gasteiger partial charge is 0.496 e. The fourth-order valence-electron chi connectivity index (χ4n) is 4.05. The lowest BCUT2D eigenvalue weighted by molar-refractivity contribution is -0.125. The summed E-state index contributed by atoms with van der Waals surface area (Å²) in [4.78, 5) is 12.6. The number of hydrogen-bond donors (Lipinski definition) is 2. The van der Waals surface area contributed by atoms with Gasteiger partial charge in [-0.25, -0.2) is 0 Å². The predicted molar refractivity (Wildman–Crippen MR) is 98.1 cm³/mol. The lowest BCUT2D eigenvalue weighted by atomic mass is 9.73. The third-order valence-electron chi connectivity index (χ3n) is 5.63. The van der Waals surface area contributed by atoms with Gasteiger partial charge in [0.1, 0.15) is 5.75 Å². The number of halogens is 1. The van der Waals surface area contributed by atoms with Crippen molar-refractivity contribution in [3.05, 3.63) is 28.8 Å². The molecule has 25 heavy (non-hydrogen) atoms. The van der Waals surface area contributed by atoms with Crippen molar-refractivity contribution >= 4 is 17.5 Å². The molecule has 1 saturated heterocycles. The van der Waals surface area contributed by atoms with Crippen molar-refractivity contribution in [1.29, 1.82) is 0 Å². The number of hydrogen-bond acceptors (Lipinski definition) is 4. The van der Waals surface area contributed by atoms with E-state index < -0.39 is 0 Å². The molecule has 0 aromatic heterocycles. The summed E-state index contributed by atoms with van der Waals surface area (Å²) in [6.07, 6.45) is 4.24. The first-order valence-corrected chi connectivity index (χ1v) is 9.37. The molecule has 1 amide bonds. The first-order chi connectivity index (χ1) is 12.0. The number of nitrogens with two attached hydrogens (primary N) is 1. The van der Waals surface area contributed by atoms with E-state index in [1.807, 2.05) is 18.2 Å². The molecule has 1 saturated carbocycles. The number of carbonyl (C=O) groups is 1. The Balaban J connectivity index is 1.79. The first kappa shape index (κ1) is 18.5. The fourth-order valence-corrected chi connectivity index (χ4v) is 4.23. The molecular formula is C19H27ClN2O3. The molecule has 6 heteroatoms. The maximum absolute atomic E-state index is 12.6. The average molecular weight is 367 g/mol. The van der Waals surface area contributed by atoms with E-state index in [2.05, 4.69) is 5.32 Å². The van der Waals surface area contributed by atoms with Gasteiger partial charge < -0.3 is 20.5 Å². The van der Waals surface area contributed by atoms with E-state index in [4.69, 9.17) is 26.8 Å². The number of rotatable bonds is 5. The van der Waals surface area contributed by atoms with Crippen LogP contribution in [0.5, 0.6) is 5.75 Å². The maximum atomic E-state index is 12.6. The van der Waals surface area contributed by atoms with Gasteiger partial charge in [0.15, 0.2) is 0 Å². The minimum atomic E-state index is -0.217. The van der Waals surface area contributed by atoms with E-state index >= 15 is 0 Å². The monoisotopic (exact) mass is 366 g/mol. The summed E-state index contributed by atoms with van der Waals surface area (Å²) in [5.41, 5.74) is 6.78. The number of carbonyl (C=O) groups excluding carboxylic acids is 1. The van der Waals surface area contributed by atoms with Gasteiger partial charge in [0.25, 0.3) is 0 Å². The number of benzene rings is 1. The number of nitrogens with one attached hydrogen (secondary N) is 1. The Hall–Kier alpha value is -1.30. The Labute approximate surface area is 154 Å². The maximum Gasteiger partial charge on any atom is 0.223 e. The van der Waals surface area contributed by atoms with Gasteiger partial charge in [-0.3, -0.25) is 4.79 Å². The zero-order valence-electron chi connectivity index (χ0n) is 14.7. The van der Waals surface area contributed by atoms with E-state index in [0.717, 1.165) is 43.4 Å². The minimum absolute atomic E-state index is 0.0353. The third-order valence-corrected chi connectivity index (χ3v) is 5.86. The standard InChI is InChI=1S/C19H27ClN2O3/c1-24-17-5-3-14(20)11-16(17)19(6-8-25-9-7-19)12-22-18(23)13-2-4-15(21)10-13/h3,5,11,13,15H,2,4,6-10,12,21H2,1H3,(H,22,23)/t13-,15-/m1/s1. The van der Waals surface area contributed by atoms with Crippen molar-refractivity contribution in [3.63, 3.8) is 0 Å². The van der Waals surface area contributed by atoms with E-state index in [1.165, 1.54) is 0 Å². The molecule has 0 bridgehead atoms. The Kier molecular flexibility index (Phi) is 5.87. The molecule has 1 aromatic rings. The molecule has 138 valence electrons. The van der Waals surface area contributed by atoms with Crippen molar-refractivity contribution < 1.29 is 14.3 Å². The highest BCUT2D eigenvalue weighted by Crippen LogP contribution is 2.41. The highest BCUT2D eigenvalue weighted by Gasteiger charge is 2.38. The van der Waals surface area contributed by atoms with Gasteiger partial charge in [-0.05, 0) is 50.3 Å². The van der Waals surface area contributed by atoms with Crippen LogP contribution in [0.15, 0.2) is 18.2 Å². The summed E-state index contributed by atoms with van der Waals surface area (Å²) in [5, 5.41) is 3.85. The van der Waals surface area contributed by atoms with Crippen LogP contribution in [-0.4, -0.2) is 38.8 Å². The van der Waals surface area contributed by atoms with Crippen LogP contribution in [-0.2, 0) is 14.9 Å². The van der Waals surface area contributed by atoms with Crippen molar-refractivity contribution in [2.75, 3.05) is 26.9 Å². The fraction of sp³-hybridized carbons (Fsp3) is 0.632. The molecule has 3 rings (SSSR count). The van der Waals surface area contributed by atoms with Gasteiger partial charge in [0.05, 0.1) is 7.11 Å². The number of ether oxygens (including phenoxy) is 2. The van der Waals surface area contributed by atoms with E-state index in [0.29, 0.717) is 24.8 Å². The molecule has 0 radical (unpaired) electrons. The van der Waals surface area contributed by atoms with Gasteiger partial charge in [0, 0.05) is 47.7 Å². The van der Waals surface area contributed by atoms with E-state index in [9.17, 15) is 4.79 Å². The van der Waals surface area contributed by atoms with Crippen LogP contribution < -0.4 is 15.8 Å². The van der Waals surface area contributed by atoms with Crippen LogP contribution in [0.4, 0.5) is 0 Å². The molecule has 0 spiro atoms. The van der Waals surface area contributed by atoms with Crippen LogP contribution in [0.3, 0.4) is 0 Å². The number of methoxy groups -OCH3 is 1. The highest BCUT2D eigenvalue weighted by atomic mass is 35.5. The van der Waals surface area contributed by atoms with Gasteiger partial charge >= 0.3 is 0 Å². The van der Waals surface area contributed by atoms with Crippen molar-refractivity contribution in [3.8, 4) is 5.75 Å². The van der Waals surface area contributed by atoms with Crippen molar-refractivity contribution in [1.82, 2.24) is 5.32 Å². The predicted octanol–water partition coefficient (Wildman–Crippen LogP) is 2.64. The lowest BCUT2D eigenvalue weighted by Crippen LogP contribution is -2.46. The Morgan fingerprint density at radius 1 is 1.40 bits per heavy atom. The molecule has 0 unspecified atom stereocenters. The topological polar surface area (TPSA) is 73.6 Å². The van der Waals surface area contributed by atoms with Crippen LogP contribution in [0, 0.1) is 5.92 Å². The zero-order chi connectivity index (χ0) is 17.9. The smallest absolute Gasteiger partial charge is 0.223 e. The Morgan fingerprint density at radius 2 is 2.16 bits per heavy atom. The van der Waals surface area contributed by atoms with Crippen molar-refractivity contribution in [2.24, 2.45) is 11.7 Å². The summed E-state index contributed by atoms with van der Waals surface area (Å²) in [7, 11) is 1.66. The minimum Gasteiger partial charge on any atom is -0.496 e. The molecule has 5 nitrogen and oxygen atoms in total. The highest BCUT2D eigenvalue weighted by molar-refractivity contribution is 6.30. The summed E-state index contributed by atoms with van der Waals surface area (Å²) in [5.74, 6) is 0.955. The Morgan fingerprint density at radius 3 is 2.80 bits per heavy atom. The van der Waals surface area contributed by atoms with E-state index in [-0.39, 0.29) is 23.3 Å². The number of amides is 1. The SMILES string of the molecule is COc1ccc(Cl)cc1C1(CNC(=O)[C@@H]2CC[C@@H](N)C2)CCOCC1. The second kappa shape index (κ2) is 7.94. The second-order valence-electron chi connectivity index (χ2n) is 7.23. The van der Waals surface area contributed by atoms with Gasteiger partial charge in [0.2, 0.25) is 5.91 Å². The normalized spacial score (nSPS) is 25.6. The zero-order valence-corrected chi connectivity index (χ0v) is 15.5. The summed E-state index contributed by atoms with van der Waals surface area (Å²) >= 11 is 6.25. The molecule has 2 atom stereocenters. The quantitative estimate of drug-likeness (QED) is 0.840. The molecule has 1 aromatic carbocycles.